The number of alkyl halides is 1. The summed E-state index contributed by atoms with van der Waals surface area (Å²) in [4.78, 5) is 37.2. The van der Waals surface area contributed by atoms with Crippen LogP contribution in [0.25, 0.3) is 0 Å². The van der Waals surface area contributed by atoms with E-state index >= 15 is 0 Å². The van der Waals surface area contributed by atoms with Crippen LogP contribution in [-0.2, 0) is 4.74 Å². The van der Waals surface area contributed by atoms with E-state index < -0.39 is 38.4 Å². The summed E-state index contributed by atoms with van der Waals surface area (Å²) in [5.41, 5.74) is 0. The summed E-state index contributed by atoms with van der Waals surface area (Å²) in [5, 5.41) is 28.2. The van der Waals surface area contributed by atoms with Gasteiger partial charge in [-0.05, 0) is 5.01 Å². The van der Waals surface area contributed by atoms with E-state index in [0.717, 1.165) is 0 Å². The van der Waals surface area contributed by atoms with Gasteiger partial charge < -0.3 is 4.74 Å². The molecule has 1 amide bonds. The van der Waals surface area contributed by atoms with E-state index in [1.165, 1.54) is 0 Å². The van der Waals surface area contributed by atoms with Gasteiger partial charge in [-0.25, -0.2) is 14.9 Å². The molecule has 0 saturated carbocycles. The quantitative estimate of drug-likeness (QED) is 0.273. The molecule has 96 valence electrons. The molecule has 0 aliphatic rings. The Morgan fingerprint density at radius 1 is 1.29 bits per heavy atom. The van der Waals surface area contributed by atoms with Crippen LogP contribution in [0.5, 0.6) is 0 Å². The lowest BCUT2D eigenvalue weighted by Gasteiger charge is -2.12. The first-order chi connectivity index (χ1) is 7.66. The highest BCUT2D eigenvalue weighted by Gasteiger charge is 2.63. The first-order valence-electron chi connectivity index (χ1n) is 3.64. The zero-order valence-corrected chi connectivity index (χ0v) is 8.14. The predicted molar refractivity (Wildman–Crippen MR) is 43.9 cm³/mol. The normalized spacial score (nSPS) is 10.5. The molecule has 0 atom stereocenters. The van der Waals surface area contributed by atoms with E-state index in [1.54, 1.807) is 0 Å². The summed E-state index contributed by atoms with van der Waals surface area (Å²) in [5.74, 6) is -4.39. The molecular weight excluding hydrogens is 251 g/mol. The monoisotopic (exact) mass is 256 g/mol. The minimum atomic E-state index is -4.39. The van der Waals surface area contributed by atoms with Crippen molar-refractivity contribution in [3.63, 3.8) is 0 Å². The number of carbonyl (C=O) groups is 1. The van der Waals surface area contributed by atoms with Crippen molar-refractivity contribution < 1.29 is 28.8 Å². The lowest BCUT2D eigenvalue weighted by atomic mass is 10.4. The second-order valence-electron chi connectivity index (χ2n) is 2.50. The molecule has 0 aliphatic heterocycles. The van der Waals surface area contributed by atoms with Gasteiger partial charge in [0.2, 0.25) is 0 Å². The summed E-state index contributed by atoms with van der Waals surface area (Å²) < 4.78 is 17.0. The highest BCUT2D eigenvalue weighted by atomic mass is 19.2. The lowest BCUT2D eigenvalue weighted by molar-refractivity contribution is -0.839. The lowest BCUT2D eigenvalue weighted by Crippen LogP contribution is -2.54. The molecule has 0 aliphatic carbocycles. The van der Waals surface area contributed by atoms with Crippen molar-refractivity contribution in [2.45, 2.75) is 5.92 Å². The molecule has 0 rings (SSSR count). The van der Waals surface area contributed by atoms with Crippen molar-refractivity contribution in [1.29, 1.82) is 0 Å². The summed E-state index contributed by atoms with van der Waals surface area (Å²) in [7, 11) is 0.678. The number of hydrogen-bond donors (Lipinski definition) is 0. The van der Waals surface area contributed by atoms with Crippen LogP contribution in [0.2, 0.25) is 0 Å². The fourth-order valence-corrected chi connectivity index (χ4v) is 0.667. The molecule has 13 heteroatoms. The molecule has 0 radical (unpaired) electrons. The SMILES string of the molecule is COC(=O)N(CC(F)([N+](=O)[O-])[N+](=O)[O-])[N+](=O)[O-]. The Morgan fingerprint density at radius 2 is 1.71 bits per heavy atom. The maximum absolute atomic E-state index is 13.2. The molecule has 17 heavy (non-hydrogen) atoms. The summed E-state index contributed by atoms with van der Waals surface area (Å²) in [6.07, 6.45) is -1.78. The molecule has 0 unspecified atom stereocenters. The number of nitro groups is 3. The van der Waals surface area contributed by atoms with Crippen LogP contribution in [0.1, 0.15) is 0 Å². The molecule has 0 saturated heterocycles. The number of nitrogens with zero attached hydrogens (tertiary/aromatic N) is 4. The number of carbonyl (C=O) groups excluding carboxylic acids is 1. The van der Waals surface area contributed by atoms with Gasteiger partial charge in [-0.15, -0.1) is 0 Å². The minimum Gasteiger partial charge on any atom is -0.449 e. The fourth-order valence-electron chi connectivity index (χ4n) is 0.667. The molecule has 12 nitrogen and oxygen atoms in total. The number of amides is 1. The van der Waals surface area contributed by atoms with Crippen LogP contribution >= 0.6 is 0 Å². The van der Waals surface area contributed by atoms with Crippen LogP contribution in [-0.4, -0.2) is 45.6 Å². The standard InChI is InChI=1S/C4H5FN4O8/c1-17-3(10)6(9(15)16)2-4(5,7(11)12)8(13)14/h2H2,1H3. The average Bonchev–Trinajstić information content (AvgIpc) is 2.23. The number of ether oxygens (including phenoxy) is 1. The highest BCUT2D eigenvalue weighted by molar-refractivity contribution is 5.65. The van der Waals surface area contributed by atoms with E-state index in [-0.39, 0.29) is 0 Å². The Balaban J connectivity index is 5.21. The number of hydrazine groups is 1. The van der Waals surface area contributed by atoms with Gasteiger partial charge in [-0.2, -0.15) is 0 Å². The highest BCUT2D eigenvalue weighted by Crippen LogP contribution is 2.15. The van der Waals surface area contributed by atoms with Crippen molar-refractivity contribution in [2.24, 2.45) is 0 Å². The topological polar surface area (TPSA) is 159 Å². The molecule has 0 aromatic heterocycles. The predicted octanol–water partition coefficient (Wildman–Crippen LogP) is -0.577. The first kappa shape index (κ1) is 14.4. The van der Waals surface area contributed by atoms with Crippen LogP contribution in [0.4, 0.5) is 9.18 Å². The van der Waals surface area contributed by atoms with Gasteiger partial charge >= 0.3 is 12.0 Å². The second-order valence-corrected chi connectivity index (χ2v) is 2.50. The van der Waals surface area contributed by atoms with Gasteiger partial charge in [0.15, 0.2) is 5.03 Å². The third kappa shape index (κ3) is 2.93. The third-order valence-corrected chi connectivity index (χ3v) is 1.49. The van der Waals surface area contributed by atoms with E-state index in [0.29, 0.717) is 7.11 Å². The summed E-state index contributed by atoms with van der Waals surface area (Å²) in [6.45, 7) is -2.02. The molecule has 0 N–H and O–H groups in total. The summed E-state index contributed by atoms with van der Waals surface area (Å²) >= 11 is 0. The molecule has 0 fully saturated rings. The van der Waals surface area contributed by atoms with Crippen molar-refractivity contribution in [3.8, 4) is 0 Å². The number of hydrogen-bond acceptors (Lipinski definition) is 8. The Hall–Kier alpha value is -2.60. The number of halogens is 1. The van der Waals surface area contributed by atoms with Gasteiger partial charge in [0.1, 0.15) is 9.85 Å². The molecule has 0 heterocycles. The van der Waals surface area contributed by atoms with Gasteiger partial charge in [0.05, 0.1) is 7.11 Å². The van der Waals surface area contributed by atoms with Crippen LogP contribution in [0.15, 0.2) is 0 Å². The zero-order chi connectivity index (χ0) is 13.8. The summed E-state index contributed by atoms with van der Waals surface area (Å²) in [6, 6.07) is 0. The smallest absolute Gasteiger partial charge is 0.449 e. The largest absolute Gasteiger partial charge is 0.638 e. The van der Waals surface area contributed by atoms with Gasteiger partial charge in [0.25, 0.3) is 6.54 Å². The van der Waals surface area contributed by atoms with E-state index in [1.807, 2.05) is 0 Å². The number of rotatable bonds is 5. The molecule has 0 bridgehead atoms. The Bertz CT molecular complexity index is 357. The second kappa shape index (κ2) is 4.95. The average molecular weight is 256 g/mol. The maximum atomic E-state index is 13.2. The van der Waals surface area contributed by atoms with Crippen molar-refractivity contribution in [3.05, 3.63) is 30.3 Å². The van der Waals surface area contributed by atoms with Gasteiger partial charge in [-0.3, -0.25) is 20.2 Å². The third-order valence-electron chi connectivity index (χ3n) is 1.49. The number of methoxy groups -OCH3 is 1. The molecule has 0 aromatic rings. The zero-order valence-electron chi connectivity index (χ0n) is 8.14. The Kier molecular flexibility index (Phi) is 4.19. The van der Waals surface area contributed by atoms with Crippen molar-refractivity contribution in [1.82, 2.24) is 5.01 Å². The van der Waals surface area contributed by atoms with Crippen LogP contribution in [0, 0.1) is 30.3 Å². The maximum Gasteiger partial charge on any atom is 0.638 e. The Labute approximate surface area is 91.0 Å². The minimum absolute atomic E-state index is 0.678. The molecule has 0 spiro atoms. The molecule has 0 aromatic carbocycles. The fraction of sp³-hybridized carbons (Fsp3) is 0.750. The van der Waals surface area contributed by atoms with E-state index in [9.17, 15) is 39.5 Å². The van der Waals surface area contributed by atoms with Crippen molar-refractivity contribution >= 4 is 6.09 Å². The van der Waals surface area contributed by atoms with Crippen LogP contribution in [0.3, 0.4) is 0 Å². The van der Waals surface area contributed by atoms with Crippen LogP contribution < -0.4 is 0 Å². The van der Waals surface area contributed by atoms with Gasteiger partial charge in [-0.1, -0.05) is 4.39 Å². The first-order valence-corrected chi connectivity index (χ1v) is 3.64. The Morgan fingerprint density at radius 3 is 1.94 bits per heavy atom. The van der Waals surface area contributed by atoms with Gasteiger partial charge in [0, 0.05) is 0 Å². The van der Waals surface area contributed by atoms with E-state index in [4.69, 9.17) is 0 Å². The van der Waals surface area contributed by atoms with Crippen molar-refractivity contribution in [2.75, 3.05) is 13.7 Å². The van der Waals surface area contributed by atoms with E-state index in [2.05, 4.69) is 4.74 Å². The molecular formula is C4H5FN4O8.